The van der Waals surface area contributed by atoms with Gasteiger partial charge in [0, 0.05) is 5.69 Å². The third kappa shape index (κ3) is 2.79. The van der Waals surface area contributed by atoms with Gasteiger partial charge in [-0.25, -0.2) is 0 Å². The first kappa shape index (κ1) is 14.4. The maximum absolute atomic E-state index is 11.9. The highest BCUT2D eigenvalue weighted by Gasteiger charge is 2.38. The van der Waals surface area contributed by atoms with Gasteiger partial charge in [0.05, 0.1) is 10.8 Å². The molecule has 0 radical (unpaired) electrons. The summed E-state index contributed by atoms with van der Waals surface area (Å²) in [6.07, 6.45) is 0.912. The SMILES string of the molecule is CC(C)(C)CC(Cl)c1ccc2c(c1)C(C)(C)C(=O)N2. The van der Waals surface area contributed by atoms with E-state index in [9.17, 15) is 4.79 Å². The number of halogens is 1. The molecular formula is C16H22ClNO. The van der Waals surface area contributed by atoms with E-state index in [-0.39, 0.29) is 16.7 Å². The zero-order valence-electron chi connectivity index (χ0n) is 12.3. The average molecular weight is 280 g/mol. The van der Waals surface area contributed by atoms with E-state index in [0.717, 1.165) is 23.2 Å². The van der Waals surface area contributed by atoms with Crippen molar-refractivity contribution in [2.75, 3.05) is 5.32 Å². The van der Waals surface area contributed by atoms with Crippen LogP contribution in [-0.4, -0.2) is 5.91 Å². The van der Waals surface area contributed by atoms with E-state index in [1.54, 1.807) is 0 Å². The summed E-state index contributed by atoms with van der Waals surface area (Å²) in [5.74, 6) is 0.0570. The molecule has 0 saturated carbocycles. The van der Waals surface area contributed by atoms with Crippen LogP contribution in [0.2, 0.25) is 0 Å². The van der Waals surface area contributed by atoms with Crippen LogP contribution in [0, 0.1) is 5.41 Å². The minimum Gasteiger partial charge on any atom is -0.325 e. The Morgan fingerprint density at radius 1 is 1.32 bits per heavy atom. The zero-order chi connectivity index (χ0) is 14.4. The lowest BCUT2D eigenvalue weighted by atomic mass is 9.83. The van der Waals surface area contributed by atoms with Gasteiger partial charge in [-0.05, 0) is 42.9 Å². The second kappa shape index (κ2) is 4.52. The van der Waals surface area contributed by atoms with Crippen molar-refractivity contribution < 1.29 is 4.79 Å². The molecule has 0 bridgehead atoms. The topological polar surface area (TPSA) is 29.1 Å². The zero-order valence-corrected chi connectivity index (χ0v) is 13.1. The van der Waals surface area contributed by atoms with Crippen molar-refractivity contribution in [2.24, 2.45) is 5.41 Å². The van der Waals surface area contributed by atoms with Gasteiger partial charge in [0.1, 0.15) is 0 Å². The van der Waals surface area contributed by atoms with Gasteiger partial charge in [0.25, 0.3) is 0 Å². The van der Waals surface area contributed by atoms with Crippen LogP contribution in [0.5, 0.6) is 0 Å². The molecule has 1 aromatic rings. The lowest BCUT2D eigenvalue weighted by Crippen LogP contribution is -2.26. The molecule has 0 aliphatic carbocycles. The quantitative estimate of drug-likeness (QED) is 0.786. The van der Waals surface area contributed by atoms with E-state index in [0.29, 0.717) is 0 Å². The van der Waals surface area contributed by atoms with Gasteiger partial charge in [-0.1, -0.05) is 32.9 Å². The van der Waals surface area contributed by atoms with Crippen LogP contribution in [0.3, 0.4) is 0 Å². The van der Waals surface area contributed by atoms with Crippen LogP contribution in [0.15, 0.2) is 18.2 Å². The molecule has 1 aliphatic heterocycles. The smallest absolute Gasteiger partial charge is 0.234 e. The highest BCUT2D eigenvalue weighted by molar-refractivity contribution is 6.21. The number of nitrogens with one attached hydrogen (secondary N) is 1. The van der Waals surface area contributed by atoms with E-state index in [4.69, 9.17) is 11.6 Å². The summed E-state index contributed by atoms with van der Waals surface area (Å²) in [7, 11) is 0. The molecule has 1 unspecified atom stereocenters. The van der Waals surface area contributed by atoms with Crippen molar-refractivity contribution in [1.82, 2.24) is 0 Å². The Hall–Kier alpha value is -1.02. The molecule has 1 atom stereocenters. The van der Waals surface area contributed by atoms with Crippen molar-refractivity contribution in [2.45, 2.75) is 51.8 Å². The summed E-state index contributed by atoms with van der Waals surface area (Å²) in [6.45, 7) is 10.5. The first-order valence-electron chi connectivity index (χ1n) is 6.71. The van der Waals surface area contributed by atoms with Crippen molar-refractivity contribution in [3.63, 3.8) is 0 Å². The second-order valence-corrected chi connectivity index (χ2v) is 7.64. The number of alkyl halides is 1. The van der Waals surface area contributed by atoms with E-state index < -0.39 is 5.41 Å². The summed E-state index contributed by atoms with van der Waals surface area (Å²) in [5.41, 5.74) is 2.78. The number of fused-ring (bicyclic) bond motifs is 1. The van der Waals surface area contributed by atoms with E-state index in [2.05, 4.69) is 32.2 Å². The molecule has 0 saturated heterocycles. The van der Waals surface area contributed by atoms with Crippen molar-refractivity contribution in [1.29, 1.82) is 0 Å². The van der Waals surface area contributed by atoms with Crippen LogP contribution < -0.4 is 5.32 Å². The van der Waals surface area contributed by atoms with Gasteiger partial charge in [-0.15, -0.1) is 11.6 Å². The minimum absolute atomic E-state index is 0.0168. The third-order valence-corrected chi connectivity index (χ3v) is 4.09. The van der Waals surface area contributed by atoms with Crippen LogP contribution in [0.1, 0.15) is 57.5 Å². The maximum atomic E-state index is 11.9. The second-order valence-electron chi connectivity index (χ2n) is 7.12. The van der Waals surface area contributed by atoms with Crippen LogP contribution in [-0.2, 0) is 10.2 Å². The Morgan fingerprint density at radius 2 is 1.95 bits per heavy atom. The molecule has 1 heterocycles. The first-order chi connectivity index (χ1) is 8.61. The Morgan fingerprint density at radius 3 is 2.53 bits per heavy atom. The molecule has 0 fully saturated rings. The molecule has 1 amide bonds. The van der Waals surface area contributed by atoms with Crippen molar-refractivity contribution in [3.8, 4) is 0 Å². The average Bonchev–Trinajstić information content (AvgIpc) is 2.47. The fourth-order valence-corrected chi connectivity index (χ4v) is 3.04. The fraction of sp³-hybridized carbons (Fsp3) is 0.562. The Kier molecular flexibility index (Phi) is 3.42. The Bertz CT molecular complexity index is 514. The van der Waals surface area contributed by atoms with Gasteiger partial charge in [-0.2, -0.15) is 0 Å². The first-order valence-corrected chi connectivity index (χ1v) is 7.15. The number of amides is 1. The molecule has 3 heteroatoms. The summed E-state index contributed by atoms with van der Waals surface area (Å²) < 4.78 is 0. The number of anilines is 1. The molecule has 19 heavy (non-hydrogen) atoms. The van der Waals surface area contributed by atoms with Gasteiger partial charge in [0.15, 0.2) is 0 Å². The molecule has 2 nitrogen and oxygen atoms in total. The number of hydrogen-bond acceptors (Lipinski definition) is 1. The van der Waals surface area contributed by atoms with E-state index in [1.165, 1.54) is 0 Å². The van der Waals surface area contributed by atoms with Gasteiger partial charge >= 0.3 is 0 Å². The number of rotatable bonds is 2. The molecule has 1 aromatic carbocycles. The highest BCUT2D eigenvalue weighted by Crippen LogP contribution is 2.41. The largest absolute Gasteiger partial charge is 0.325 e. The van der Waals surface area contributed by atoms with Gasteiger partial charge in [-0.3, -0.25) is 4.79 Å². The molecule has 104 valence electrons. The summed E-state index contributed by atoms with van der Waals surface area (Å²) >= 11 is 6.52. The van der Waals surface area contributed by atoms with Gasteiger partial charge < -0.3 is 5.32 Å². The normalized spacial score (nSPS) is 18.9. The number of carbonyl (C=O) groups excluding carboxylic acids is 1. The fourth-order valence-electron chi connectivity index (χ4n) is 2.44. The summed E-state index contributed by atoms with van der Waals surface area (Å²) in [6, 6.07) is 6.07. The monoisotopic (exact) mass is 279 g/mol. The van der Waals surface area contributed by atoms with Crippen LogP contribution in [0.4, 0.5) is 5.69 Å². The number of carbonyl (C=O) groups is 1. The van der Waals surface area contributed by atoms with Crippen molar-refractivity contribution in [3.05, 3.63) is 29.3 Å². The third-order valence-electron chi connectivity index (χ3n) is 3.69. The lowest BCUT2D eigenvalue weighted by Gasteiger charge is -2.23. The molecular weight excluding hydrogens is 258 g/mol. The number of benzene rings is 1. The standard InChI is InChI=1S/C16H22ClNO/c1-15(2,3)9-12(17)10-6-7-13-11(8-10)16(4,5)14(19)18-13/h6-8,12H,9H2,1-5H3,(H,18,19). The molecule has 0 spiro atoms. The summed E-state index contributed by atoms with van der Waals surface area (Å²) in [5, 5.41) is 2.90. The maximum Gasteiger partial charge on any atom is 0.234 e. The molecule has 2 rings (SSSR count). The minimum atomic E-state index is -0.469. The lowest BCUT2D eigenvalue weighted by molar-refractivity contribution is -0.119. The Balaban J connectivity index is 2.33. The van der Waals surface area contributed by atoms with Crippen LogP contribution in [0.25, 0.3) is 0 Å². The molecule has 1 N–H and O–H groups in total. The number of hydrogen-bond donors (Lipinski definition) is 1. The van der Waals surface area contributed by atoms with Crippen LogP contribution >= 0.6 is 11.6 Å². The molecule has 0 aromatic heterocycles. The molecule has 1 aliphatic rings. The predicted molar refractivity (Wildman–Crippen MR) is 80.8 cm³/mol. The Labute approximate surface area is 120 Å². The van der Waals surface area contributed by atoms with Crippen molar-refractivity contribution >= 4 is 23.2 Å². The van der Waals surface area contributed by atoms with E-state index >= 15 is 0 Å². The van der Waals surface area contributed by atoms with Gasteiger partial charge in [0.2, 0.25) is 5.91 Å². The van der Waals surface area contributed by atoms with E-state index in [1.807, 2.05) is 26.0 Å². The summed E-state index contributed by atoms with van der Waals surface area (Å²) in [4.78, 5) is 11.9. The predicted octanol–water partition coefficient (Wildman–Crippen LogP) is 4.63. The highest BCUT2D eigenvalue weighted by atomic mass is 35.5.